The second-order valence-corrected chi connectivity index (χ2v) is 5.13. The van der Waals surface area contributed by atoms with Crippen LogP contribution in [0, 0.1) is 22.7 Å². The smallest absolute Gasteiger partial charge is 0.345 e. The highest BCUT2D eigenvalue weighted by atomic mass is 16.4. The summed E-state index contributed by atoms with van der Waals surface area (Å²) in [4.78, 5) is 18.1. The van der Waals surface area contributed by atoms with Crippen LogP contribution in [-0.4, -0.2) is 19.3 Å². The molecule has 1 heterocycles. The maximum absolute atomic E-state index is 12.1. The number of aliphatic imine (C=N–C) groups is 1. The first kappa shape index (κ1) is 17.8. The molecule has 1 aromatic heterocycles. The van der Waals surface area contributed by atoms with Gasteiger partial charge in [0.05, 0.1) is 5.56 Å². The van der Waals surface area contributed by atoms with Gasteiger partial charge in [0.25, 0.3) is 0 Å². The molecule has 0 saturated heterocycles. The second-order valence-electron chi connectivity index (χ2n) is 5.13. The first-order chi connectivity index (χ1) is 12.0. The van der Waals surface area contributed by atoms with E-state index in [9.17, 15) is 4.79 Å². The van der Waals surface area contributed by atoms with Crippen LogP contribution in [0.15, 0.2) is 49.9 Å². The zero-order valence-corrected chi connectivity index (χ0v) is 14.0. The molecule has 0 bridgehead atoms. The molecule has 2 aromatic rings. The minimum absolute atomic E-state index is 0.168. The van der Waals surface area contributed by atoms with Crippen LogP contribution in [0.4, 0.5) is 5.69 Å². The molecular weight excluding hydrogens is 318 g/mol. The van der Waals surface area contributed by atoms with Crippen LogP contribution in [0.5, 0.6) is 0 Å². The zero-order valence-electron chi connectivity index (χ0n) is 14.0. The topological polar surface area (TPSA) is 119 Å². The second kappa shape index (κ2) is 7.80. The normalized spacial score (nSPS) is 11.8. The Hall–Kier alpha value is -3.58. The van der Waals surface area contributed by atoms with E-state index in [1.54, 1.807) is 18.2 Å². The summed E-state index contributed by atoms with van der Waals surface area (Å²) in [7, 11) is 0. The van der Waals surface area contributed by atoms with Crippen LogP contribution in [0.1, 0.15) is 19.4 Å². The number of nitriles is 2. The standard InChI is InChI=1S/C18H17N5O2/c1-3-23(4-2)14-6-5-12-7-13(18(24)25-17(12)8-14)11-22-16(10-20)15(21)9-19/h5-8,11H,3-4,21H2,1-2H3/b16-15-,22-11?. The fraction of sp³-hybridized carbons (Fsp3) is 0.222. The van der Waals surface area contributed by atoms with Crippen molar-refractivity contribution in [3.63, 3.8) is 0 Å². The van der Waals surface area contributed by atoms with Gasteiger partial charge in [-0.2, -0.15) is 10.5 Å². The highest BCUT2D eigenvalue weighted by Crippen LogP contribution is 2.21. The molecule has 0 spiro atoms. The van der Waals surface area contributed by atoms with E-state index in [1.165, 1.54) is 6.21 Å². The number of nitrogens with zero attached hydrogens (tertiary/aromatic N) is 4. The van der Waals surface area contributed by atoms with Crippen molar-refractivity contribution in [1.29, 1.82) is 10.5 Å². The lowest BCUT2D eigenvalue weighted by Crippen LogP contribution is -2.21. The Bertz CT molecular complexity index is 985. The molecule has 7 nitrogen and oxygen atoms in total. The highest BCUT2D eigenvalue weighted by Gasteiger charge is 2.08. The van der Waals surface area contributed by atoms with E-state index in [4.69, 9.17) is 20.7 Å². The summed E-state index contributed by atoms with van der Waals surface area (Å²) < 4.78 is 5.36. The largest absolute Gasteiger partial charge is 0.422 e. The molecule has 0 amide bonds. The van der Waals surface area contributed by atoms with Gasteiger partial charge in [-0.25, -0.2) is 9.79 Å². The molecule has 0 radical (unpaired) electrons. The van der Waals surface area contributed by atoms with Gasteiger partial charge in [0, 0.05) is 36.4 Å². The van der Waals surface area contributed by atoms with Crippen LogP contribution in [-0.2, 0) is 0 Å². The zero-order chi connectivity index (χ0) is 18.4. The first-order valence-electron chi connectivity index (χ1n) is 7.70. The van der Waals surface area contributed by atoms with Gasteiger partial charge in [-0.1, -0.05) is 0 Å². The van der Waals surface area contributed by atoms with Crippen molar-refractivity contribution in [2.24, 2.45) is 10.7 Å². The van der Waals surface area contributed by atoms with Crippen molar-refractivity contribution >= 4 is 22.9 Å². The third-order valence-corrected chi connectivity index (χ3v) is 3.69. The molecule has 126 valence electrons. The summed E-state index contributed by atoms with van der Waals surface area (Å²) in [5.74, 6) is 0. The number of nitrogens with two attached hydrogens (primary N) is 1. The highest BCUT2D eigenvalue weighted by molar-refractivity contribution is 5.88. The van der Waals surface area contributed by atoms with Crippen LogP contribution in [0.3, 0.4) is 0 Å². The van der Waals surface area contributed by atoms with Crippen molar-refractivity contribution in [2.75, 3.05) is 18.0 Å². The van der Waals surface area contributed by atoms with Crippen LogP contribution in [0.2, 0.25) is 0 Å². The summed E-state index contributed by atoms with van der Waals surface area (Å²) in [5.41, 5.74) is 5.83. The van der Waals surface area contributed by atoms with Gasteiger partial charge < -0.3 is 15.1 Å². The van der Waals surface area contributed by atoms with E-state index in [0.29, 0.717) is 5.58 Å². The maximum Gasteiger partial charge on any atom is 0.345 e. The number of benzene rings is 1. The lowest BCUT2D eigenvalue weighted by Gasteiger charge is -2.20. The lowest BCUT2D eigenvalue weighted by molar-refractivity contribution is 0.559. The maximum atomic E-state index is 12.1. The van der Waals surface area contributed by atoms with E-state index in [-0.39, 0.29) is 17.0 Å². The van der Waals surface area contributed by atoms with Gasteiger partial charge in [0.15, 0.2) is 5.70 Å². The lowest BCUT2D eigenvalue weighted by atomic mass is 10.1. The number of anilines is 1. The van der Waals surface area contributed by atoms with Gasteiger partial charge in [0.1, 0.15) is 23.4 Å². The molecule has 7 heteroatoms. The van der Waals surface area contributed by atoms with E-state index < -0.39 is 5.63 Å². The van der Waals surface area contributed by atoms with Gasteiger partial charge >= 0.3 is 5.63 Å². The molecule has 0 unspecified atom stereocenters. The Morgan fingerprint density at radius 1 is 1.28 bits per heavy atom. The van der Waals surface area contributed by atoms with Gasteiger partial charge in [-0.3, -0.25) is 0 Å². The fourth-order valence-electron chi connectivity index (χ4n) is 2.34. The van der Waals surface area contributed by atoms with Crippen molar-refractivity contribution in [3.8, 4) is 12.1 Å². The van der Waals surface area contributed by atoms with E-state index in [1.807, 2.05) is 18.2 Å². The SMILES string of the molecule is CCN(CC)c1ccc2cc(C=N/C(C#N)=C(\N)C#N)c(=O)oc2c1. The quantitative estimate of drug-likeness (QED) is 0.508. The van der Waals surface area contributed by atoms with Crippen LogP contribution in [0.25, 0.3) is 11.0 Å². The summed E-state index contributed by atoms with van der Waals surface area (Å²) >= 11 is 0. The number of hydrogen-bond acceptors (Lipinski definition) is 7. The molecule has 0 aliphatic carbocycles. The predicted molar refractivity (Wildman–Crippen MR) is 96.1 cm³/mol. The number of fused-ring (bicyclic) bond motifs is 1. The predicted octanol–water partition coefficient (Wildman–Crippen LogP) is 2.28. The molecule has 0 saturated carbocycles. The Balaban J connectivity index is 2.47. The molecule has 0 atom stereocenters. The van der Waals surface area contributed by atoms with Gasteiger partial charge in [0.2, 0.25) is 0 Å². The van der Waals surface area contributed by atoms with E-state index in [0.717, 1.165) is 24.2 Å². The van der Waals surface area contributed by atoms with Crippen molar-refractivity contribution in [2.45, 2.75) is 13.8 Å². The average Bonchev–Trinajstić information content (AvgIpc) is 2.63. The van der Waals surface area contributed by atoms with Gasteiger partial charge in [-0.05, 0) is 32.0 Å². The van der Waals surface area contributed by atoms with E-state index in [2.05, 4.69) is 23.7 Å². The number of allylic oxidation sites excluding steroid dienone is 2. The summed E-state index contributed by atoms with van der Waals surface area (Å²) in [6, 6.07) is 10.6. The third kappa shape index (κ3) is 3.85. The first-order valence-corrected chi connectivity index (χ1v) is 7.70. The Labute approximate surface area is 144 Å². The summed E-state index contributed by atoms with van der Waals surface area (Å²) in [6.45, 7) is 5.80. The van der Waals surface area contributed by atoms with Crippen LogP contribution >= 0.6 is 0 Å². The Morgan fingerprint density at radius 3 is 2.60 bits per heavy atom. The molecule has 0 aliphatic rings. The molecule has 1 aromatic carbocycles. The average molecular weight is 335 g/mol. The summed E-state index contributed by atoms with van der Waals surface area (Å²) in [5, 5.41) is 18.3. The van der Waals surface area contributed by atoms with Gasteiger partial charge in [-0.15, -0.1) is 0 Å². The minimum atomic E-state index is -0.583. The molecule has 25 heavy (non-hydrogen) atoms. The monoisotopic (exact) mass is 335 g/mol. The minimum Gasteiger partial charge on any atom is -0.422 e. The number of hydrogen-bond donors (Lipinski definition) is 1. The molecular formula is C18H17N5O2. The summed E-state index contributed by atoms with van der Waals surface area (Å²) in [6.07, 6.45) is 1.17. The Kier molecular flexibility index (Phi) is 5.54. The Morgan fingerprint density at radius 2 is 2.00 bits per heavy atom. The molecule has 2 N–H and O–H groups in total. The van der Waals surface area contributed by atoms with Crippen molar-refractivity contribution in [3.05, 3.63) is 51.6 Å². The van der Waals surface area contributed by atoms with Crippen molar-refractivity contribution in [1.82, 2.24) is 0 Å². The number of rotatable bonds is 5. The molecule has 2 rings (SSSR count). The van der Waals surface area contributed by atoms with E-state index >= 15 is 0 Å². The van der Waals surface area contributed by atoms with Crippen molar-refractivity contribution < 1.29 is 4.42 Å². The van der Waals surface area contributed by atoms with Crippen LogP contribution < -0.4 is 16.3 Å². The fourth-order valence-corrected chi connectivity index (χ4v) is 2.34. The third-order valence-electron chi connectivity index (χ3n) is 3.69. The molecule has 0 aliphatic heterocycles. The molecule has 0 fully saturated rings.